The molecular formula is C13H18N2O3. The van der Waals surface area contributed by atoms with Gasteiger partial charge >= 0.3 is 5.69 Å². The van der Waals surface area contributed by atoms with E-state index in [4.69, 9.17) is 4.74 Å². The van der Waals surface area contributed by atoms with Crippen LogP contribution in [0.2, 0.25) is 0 Å². The van der Waals surface area contributed by atoms with Gasteiger partial charge in [0.25, 0.3) is 0 Å². The zero-order valence-corrected chi connectivity index (χ0v) is 10.5. The summed E-state index contributed by atoms with van der Waals surface area (Å²) in [5.74, 6) is 0.909. The predicted molar refractivity (Wildman–Crippen MR) is 68.9 cm³/mol. The zero-order chi connectivity index (χ0) is 13.0. The maximum Gasteiger partial charge on any atom is 0.311 e. The fourth-order valence-electron chi connectivity index (χ4n) is 2.22. The van der Waals surface area contributed by atoms with E-state index in [1.807, 2.05) is 13.0 Å². The molecule has 5 nitrogen and oxygen atoms in total. The lowest BCUT2D eigenvalue weighted by molar-refractivity contribution is -0.386. The largest absolute Gasteiger partial charge is 0.486 e. The van der Waals surface area contributed by atoms with E-state index in [-0.39, 0.29) is 10.6 Å². The van der Waals surface area contributed by atoms with Crippen LogP contribution in [0.1, 0.15) is 18.4 Å². The Morgan fingerprint density at radius 1 is 1.44 bits per heavy atom. The zero-order valence-electron chi connectivity index (χ0n) is 10.5. The molecule has 5 heteroatoms. The third-order valence-corrected chi connectivity index (χ3v) is 3.31. The lowest BCUT2D eigenvalue weighted by Gasteiger charge is -2.22. The fourth-order valence-corrected chi connectivity index (χ4v) is 2.22. The Hall–Kier alpha value is -1.62. The molecule has 1 aromatic carbocycles. The summed E-state index contributed by atoms with van der Waals surface area (Å²) in [6, 6.07) is 5.01. The summed E-state index contributed by atoms with van der Waals surface area (Å²) in [4.78, 5) is 10.6. The van der Waals surface area contributed by atoms with E-state index in [1.165, 1.54) is 6.07 Å². The first-order valence-corrected chi connectivity index (χ1v) is 6.26. The van der Waals surface area contributed by atoms with Gasteiger partial charge in [0, 0.05) is 6.07 Å². The van der Waals surface area contributed by atoms with Crippen LogP contribution in [0.3, 0.4) is 0 Å². The van der Waals surface area contributed by atoms with E-state index in [9.17, 15) is 10.1 Å². The standard InChI is InChI=1S/C13H18N2O3/c1-10-3-2-4-12(15(16)17)13(10)18-9-11-5-7-14-8-6-11/h2-4,11,14H,5-9H2,1H3. The van der Waals surface area contributed by atoms with Crippen molar-refractivity contribution in [1.82, 2.24) is 5.32 Å². The van der Waals surface area contributed by atoms with Crippen molar-refractivity contribution in [2.75, 3.05) is 19.7 Å². The van der Waals surface area contributed by atoms with Crippen molar-refractivity contribution in [2.45, 2.75) is 19.8 Å². The van der Waals surface area contributed by atoms with Crippen molar-refractivity contribution in [2.24, 2.45) is 5.92 Å². The van der Waals surface area contributed by atoms with E-state index in [0.717, 1.165) is 31.5 Å². The van der Waals surface area contributed by atoms with E-state index in [2.05, 4.69) is 5.32 Å². The van der Waals surface area contributed by atoms with Gasteiger partial charge in [-0.2, -0.15) is 0 Å². The van der Waals surface area contributed by atoms with Crippen LogP contribution in [-0.2, 0) is 0 Å². The Morgan fingerprint density at radius 2 is 2.17 bits per heavy atom. The van der Waals surface area contributed by atoms with Crippen LogP contribution in [-0.4, -0.2) is 24.6 Å². The van der Waals surface area contributed by atoms with Gasteiger partial charge in [-0.3, -0.25) is 10.1 Å². The molecule has 1 aromatic rings. The Balaban J connectivity index is 2.05. The highest BCUT2D eigenvalue weighted by atomic mass is 16.6. The third-order valence-electron chi connectivity index (χ3n) is 3.31. The van der Waals surface area contributed by atoms with Crippen molar-refractivity contribution >= 4 is 5.69 Å². The highest BCUT2D eigenvalue weighted by molar-refractivity contribution is 5.51. The van der Waals surface area contributed by atoms with Gasteiger partial charge in [-0.25, -0.2) is 0 Å². The molecule has 2 rings (SSSR count). The summed E-state index contributed by atoms with van der Waals surface area (Å²) in [5.41, 5.74) is 0.877. The monoisotopic (exact) mass is 250 g/mol. The molecule has 0 aromatic heterocycles. The molecule has 1 N–H and O–H groups in total. The fraction of sp³-hybridized carbons (Fsp3) is 0.538. The summed E-state index contributed by atoms with van der Waals surface area (Å²) in [5, 5.41) is 14.2. The number of nitro benzene ring substituents is 1. The normalized spacial score (nSPS) is 16.5. The van der Waals surface area contributed by atoms with Gasteiger partial charge in [0.2, 0.25) is 0 Å². The second kappa shape index (κ2) is 5.82. The second-order valence-corrected chi connectivity index (χ2v) is 4.68. The number of piperidine rings is 1. The Labute approximate surface area is 106 Å². The molecule has 0 unspecified atom stereocenters. The van der Waals surface area contributed by atoms with Gasteiger partial charge in [-0.15, -0.1) is 0 Å². The molecule has 1 heterocycles. The molecule has 18 heavy (non-hydrogen) atoms. The molecule has 0 radical (unpaired) electrons. The number of benzene rings is 1. The Morgan fingerprint density at radius 3 is 2.83 bits per heavy atom. The smallest absolute Gasteiger partial charge is 0.311 e. The van der Waals surface area contributed by atoms with Crippen molar-refractivity contribution in [3.63, 3.8) is 0 Å². The summed E-state index contributed by atoms with van der Waals surface area (Å²) in [6.45, 7) is 4.41. The first kappa shape index (κ1) is 12.8. The number of nitrogens with one attached hydrogen (secondary N) is 1. The number of aryl methyl sites for hydroxylation is 1. The topological polar surface area (TPSA) is 64.4 Å². The van der Waals surface area contributed by atoms with E-state index >= 15 is 0 Å². The average molecular weight is 250 g/mol. The molecule has 1 aliphatic rings. The number of hydrogen-bond acceptors (Lipinski definition) is 4. The first-order chi connectivity index (χ1) is 8.68. The summed E-state index contributed by atoms with van der Waals surface area (Å²) in [6.07, 6.45) is 2.14. The van der Waals surface area contributed by atoms with Gasteiger partial charge in [0.15, 0.2) is 5.75 Å². The Bertz CT molecular complexity index is 428. The lowest BCUT2D eigenvalue weighted by Crippen LogP contribution is -2.30. The molecule has 98 valence electrons. The molecule has 0 amide bonds. The highest BCUT2D eigenvalue weighted by Gasteiger charge is 2.19. The molecular weight excluding hydrogens is 232 g/mol. The minimum Gasteiger partial charge on any atom is -0.486 e. The molecule has 0 aliphatic carbocycles. The average Bonchev–Trinajstić information content (AvgIpc) is 2.38. The second-order valence-electron chi connectivity index (χ2n) is 4.68. The van der Waals surface area contributed by atoms with Gasteiger partial charge in [0.05, 0.1) is 11.5 Å². The maximum absolute atomic E-state index is 10.9. The molecule has 0 bridgehead atoms. The van der Waals surface area contributed by atoms with E-state index in [0.29, 0.717) is 18.3 Å². The van der Waals surface area contributed by atoms with E-state index < -0.39 is 0 Å². The minimum atomic E-state index is -0.384. The van der Waals surface area contributed by atoms with Crippen LogP contribution in [0.4, 0.5) is 5.69 Å². The maximum atomic E-state index is 10.9. The molecule has 0 saturated carbocycles. The van der Waals surface area contributed by atoms with Crippen molar-refractivity contribution in [1.29, 1.82) is 0 Å². The van der Waals surface area contributed by atoms with Crippen molar-refractivity contribution in [3.8, 4) is 5.75 Å². The third kappa shape index (κ3) is 2.98. The van der Waals surface area contributed by atoms with Gasteiger partial charge in [-0.1, -0.05) is 12.1 Å². The number of ether oxygens (including phenoxy) is 1. The van der Waals surface area contributed by atoms with Gasteiger partial charge in [0.1, 0.15) is 0 Å². The van der Waals surface area contributed by atoms with E-state index in [1.54, 1.807) is 6.07 Å². The van der Waals surface area contributed by atoms with Crippen LogP contribution in [0, 0.1) is 23.0 Å². The minimum absolute atomic E-state index is 0.0592. The van der Waals surface area contributed by atoms with Crippen molar-refractivity contribution in [3.05, 3.63) is 33.9 Å². The van der Waals surface area contributed by atoms with Gasteiger partial charge < -0.3 is 10.1 Å². The number of para-hydroxylation sites is 1. The quantitative estimate of drug-likeness (QED) is 0.657. The lowest BCUT2D eigenvalue weighted by atomic mass is 9.99. The summed E-state index contributed by atoms with van der Waals surface area (Å²) >= 11 is 0. The summed E-state index contributed by atoms with van der Waals surface area (Å²) < 4.78 is 5.70. The predicted octanol–water partition coefficient (Wildman–Crippen LogP) is 2.28. The first-order valence-electron chi connectivity index (χ1n) is 6.26. The van der Waals surface area contributed by atoms with Crippen LogP contribution in [0.5, 0.6) is 5.75 Å². The molecule has 1 saturated heterocycles. The summed E-state index contributed by atoms with van der Waals surface area (Å²) in [7, 11) is 0. The molecule has 0 spiro atoms. The van der Waals surface area contributed by atoms with Gasteiger partial charge in [-0.05, 0) is 44.3 Å². The van der Waals surface area contributed by atoms with Crippen LogP contribution < -0.4 is 10.1 Å². The Kier molecular flexibility index (Phi) is 4.15. The number of hydrogen-bond donors (Lipinski definition) is 1. The molecule has 0 atom stereocenters. The molecule has 1 fully saturated rings. The van der Waals surface area contributed by atoms with Crippen LogP contribution in [0.15, 0.2) is 18.2 Å². The number of nitrogens with zero attached hydrogens (tertiary/aromatic N) is 1. The van der Waals surface area contributed by atoms with Crippen LogP contribution >= 0.6 is 0 Å². The number of rotatable bonds is 4. The molecule has 1 aliphatic heterocycles. The number of nitro groups is 1. The van der Waals surface area contributed by atoms with Crippen molar-refractivity contribution < 1.29 is 9.66 Å². The van der Waals surface area contributed by atoms with Crippen LogP contribution in [0.25, 0.3) is 0 Å². The highest BCUT2D eigenvalue weighted by Crippen LogP contribution is 2.31. The SMILES string of the molecule is Cc1cccc([N+](=O)[O-])c1OCC1CCNCC1.